The zero-order chi connectivity index (χ0) is 48.7. The Hall–Kier alpha value is -3.50. The molecule has 0 aliphatic heterocycles. The number of hydrogen-bond donors (Lipinski definition) is 2. The topological polar surface area (TPSA) is 143 Å². The van der Waals surface area contributed by atoms with Crippen molar-refractivity contribution in [3.05, 3.63) is 82.4 Å². The van der Waals surface area contributed by atoms with E-state index in [2.05, 4.69) is 94.8 Å². The second-order valence-electron chi connectivity index (χ2n) is 21.7. The van der Waals surface area contributed by atoms with Crippen molar-refractivity contribution < 1.29 is 23.9 Å². The van der Waals surface area contributed by atoms with E-state index >= 15 is 0 Å². The summed E-state index contributed by atoms with van der Waals surface area (Å²) in [6, 6.07) is 18.2. The quantitative estimate of drug-likeness (QED) is 0.0422. The maximum Gasteiger partial charge on any atom is 0.290 e. The van der Waals surface area contributed by atoms with E-state index in [-0.39, 0.29) is 36.1 Å². The van der Waals surface area contributed by atoms with Crippen LogP contribution in [0.2, 0.25) is 51.4 Å². The minimum absolute atomic E-state index is 0. The van der Waals surface area contributed by atoms with E-state index in [0.717, 1.165) is 126 Å². The minimum atomic E-state index is -1.11. The van der Waals surface area contributed by atoms with Crippen molar-refractivity contribution in [1.82, 2.24) is 24.8 Å². The molecule has 15 heteroatoms. The van der Waals surface area contributed by atoms with Crippen LogP contribution >= 0.6 is 12.4 Å². The highest BCUT2D eigenvalue weighted by atomic mass is 35.5. The summed E-state index contributed by atoms with van der Waals surface area (Å²) >= 11 is 0. The molecule has 0 saturated heterocycles. The Morgan fingerprint density at radius 2 is 1.07 bits per heavy atom. The van der Waals surface area contributed by atoms with Gasteiger partial charge in [0.2, 0.25) is 0 Å². The molecule has 11 nitrogen and oxygen atoms in total. The van der Waals surface area contributed by atoms with Crippen molar-refractivity contribution in [2.24, 2.45) is 17.6 Å². The predicted octanol–water partition coefficient (Wildman–Crippen LogP) is 10.9. The maximum absolute atomic E-state index is 13.1. The highest BCUT2D eigenvalue weighted by molar-refractivity contribution is 6.76. The van der Waals surface area contributed by atoms with Gasteiger partial charge in [0.05, 0.1) is 29.7 Å². The average Bonchev–Trinajstić information content (AvgIpc) is 3.74. The van der Waals surface area contributed by atoms with Crippen LogP contribution < -0.4 is 11.0 Å². The molecule has 2 atom stereocenters. The van der Waals surface area contributed by atoms with Crippen molar-refractivity contribution in [3.8, 4) is 22.3 Å². The number of aromatic nitrogens is 4. The Labute approximate surface area is 417 Å². The lowest BCUT2D eigenvalue weighted by molar-refractivity contribution is -0.122. The highest BCUT2D eigenvalue weighted by Gasteiger charge is 2.29. The number of carbonyl (C=O) groups excluding carboxylic acids is 3. The number of rotatable bonds is 23. The summed E-state index contributed by atoms with van der Waals surface area (Å²) < 4.78 is 15.7. The van der Waals surface area contributed by atoms with Gasteiger partial charge in [0, 0.05) is 64.7 Å². The molecule has 2 saturated carbocycles. The first kappa shape index (κ1) is 57.1. The Bertz CT molecular complexity index is 2190. The van der Waals surface area contributed by atoms with Crippen LogP contribution in [0.15, 0.2) is 48.5 Å². The summed E-state index contributed by atoms with van der Waals surface area (Å²) in [7, 11) is -0.824. The Kier molecular flexibility index (Phi) is 22.8. The minimum Gasteiger partial charge on any atom is -0.360 e. The number of halogens is 1. The van der Waals surface area contributed by atoms with Crippen molar-refractivity contribution >= 4 is 53.7 Å². The van der Waals surface area contributed by atoms with Crippen LogP contribution in [-0.4, -0.2) is 86.2 Å². The molecule has 6 rings (SSSR count). The molecule has 0 spiro atoms. The van der Waals surface area contributed by atoms with Crippen LogP contribution in [-0.2, 0) is 50.2 Å². The SMILES string of the molecule is Cc1nn(COCC[Si](C)(C)C)c(C)c1-c1ccc(CC(=O)[C@@H](N)C2CCCCC2)cc1.Cc1nn(COCC[Si](C)(C)C)c(C)c1-c1ccc(CC(=O)[C@@H](N[B]C=O)C2CCCCC2)cc1.Cl. The highest BCUT2D eigenvalue weighted by Crippen LogP contribution is 2.31. The van der Waals surface area contributed by atoms with Gasteiger partial charge in [0.25, 0.3) is 7.41 Å². The van der Waals surface area contributed by atoms with Gasteiger partial charge in [0.15, 0.2) is 11.6 Å². The lowest BCUT2D eigenvalue weighted by Crippen LogP contribution is -2.46. The molecule has 0 unspecified atom stereocenters. The summed E-state index contributed by atoms with van der Waals surface area (Å²) in [5, 5.41) is 12.5. The number of nitrogens with one attached hydrogen (secondary N) is 1. The van der Waals surface area contributed by atoms with Crippen LogP contribution in [0.5, 0.6) is 0 Å². The van der Waals surface area contributed by atoms with Gasteiger partial charge >= 0.3 is 0 Å². The summed E-state index contributed by atoms with van der Waals surface area (Å²) in [6.45, 7) is 24.9. The number of nitrogens with two attached hydrogens (primary N) is 1. The smallest absolute Gasteiger partial charge is 0.290 e. The number of ketones is 2. The van der Waals surface area contributed by atoms with Crippen molar-refractivity contribution in [2.45, 2.75) is 182 Å². The van der Waals surface area contributed by atoms with Gasteiger partial charge < -0.3 is 25.2 Å². The molecule has 0 bridgehead atoms. The largest absolute Gasteiger partial charge is 0.360 e. The standard InChI is InChI=1S/C27H41BN3O3Si.C26H41N3O2Si.ClH/c1-20-26(21(2)31(30-20)19-34-15-16-35(3,4)5)23-13-11-22(12-14-23)17-25(33)27(29-28-18-32)24-9-7-6-8-10-24;1-19-25(20(2)29(28-19)18-31-15-16-32(3,4)5)22-13-11-21(12-14-22)17-24(30)26(27)23-9-7-6-8-10-23;/h11-14,18,24,27,29H,6-10,15-17,19H2,1-5H3;11-14,23,26H,6-10,15-18,27H2,1-5H3;1H/t27-;26-;/m00./s1. The summed E-state index contributed by atoms with van der Waals surface area (Å²) in [5.74, 6) is 0.981. The second kappa shape index (κ2) is 27.2. The maximum atomic E-state index is 13.1. The lowest BCUT2D eigenvalue weighted by Gasteiger charge is -2.29. The molecule has 373 valence electrons. The number of Topliss-reactive ketones (excluding diaryl/α,β-unsaturated/α-hetero) is 2. The predicted molar refractivity (Wildman–Crippen MR) is 288 cm³/mol. The first-order valence-electron chi connectivity index (χ1n) is 25.1. The van der Waals surface area contributed by atoms with Crippen LogP contribution in [0.4, 0.5) is 0 Å². The Morgan fingerprint density at radius 1 is 0.676 bits per heavy atom. The van der Waals surface area contributed by atoms with Gasteiger partial charge in [0.1, 0.15) is 13.5 Å². The molecule has 2 heterocycles. The molecular weight excluding hydrogens is 903 g/mol. The van der Waals surface area contributed by atoms with Crippen LogP contribution in [0.3, 0.4) is 0 Å². The summed E-state index contributed by atoms with van der Waals surface area (Å²) in [4.78, 5) is 36.7. The van der Waals surface area contributed by atoms with E-state index in [1.807, 2.05) is 35.3 Å². The van der Waals surface area contributed by atoms with E-state index < -0.39 is 16.1 Å². The molecule has 2 aliphatic rings. The molecule has 0 amide bonds. The zero-order valence-corrected chi connectivity index (χ0v) is 45.9. The van der Waals surface area contributed by atoms with Crippen LogP contribution in [0.25, 0.3) is 22.3 Å². The fourth-order valence-corrected chi connectivity index (χ4v) is 11.1. The Morgan fingerprint density at radius 3 is 1.47 bits per heavy atom. The summed E-state index contributed by atoms with van der Waals surface area (Å²) in [5.41, 5.74) is 17.0. The molecule has 4 aromatic rings. The van der Waals surface area contributed by atoms with E-state index in [0.29, 0.717) is 38.1 Å². The first-order chi connectivity index (χ1) is 31.8. The average molecular weight is 987 g/mol. The van der Waals surface area contributed by atoms with Gasteiger partial charge in [-0.1, -0.05) is 126 Å². The van der Waals surface area contributed by atoms with Gasteiger partial charge in [-0.15, -0.1) is 12.4 Å². The van der Waals surface area contributed by atoms with Gasteiger partial charge in [-0.3, -0.25) is 9.59 Å². The van der Waals surface area contributed by atoms with Crippen LogP contribution in [0, 0.1) is 39.5 Å². The monoisotopic (exact) mass is 986 g/mol. The second-order valence-corrected chi connectivity index (χ2v) is 33.0. The number of benzene rings is 2. The number of hydrogen-bond acceptors (Lipinski definition) is 9. The fraction of sp³-hybridized carbons (Fsp3) is 0.604. The third-order valence-electron chi connectivity index (χ3n) is 13.8. The molecule has 2 aromatic carbocycles. The molecule has 1 radical (unpaired) electrons. The van der Waals surface area contributed by atoms with Gasteiger partial charge in [-0.2, -0.15) is 10.2 Å². The van der Waals surface area contributed by atoms with Gasteiger partial charge in [-0.05, 0) is 99.6 Å². The third kappa shape index (κ3) is 17.4. The van der Waals surface area contributed by atoms with Crippen molar-refractivity contribution in [1.29, 1.82) is 0 Å². The van der Waals surface area contributed by atoms with Crippen LogP contribution in [0.1, 0.15) is 98.1 Å². The molecular formula is C53H83BClN6O5Si2. The number of ether oxygens (including phenoxy) is 2. The molecule has 68 heavy (non-hydrogen) atoms. The van der Waals surface area contributed by atoms with Crippen molar-refractivity contribution in [2.75, 3.05) is 13.2 Å². The normalized spacial score (nSPS) is 15.8. The zero-order valence-electron chi connectivity index (χ0n) is 43.1. The number of aryl methyl sites for hydroxylation is 2. The third-order valence-corrected chi connectivity index (χ3v) is 17.2. The molecule has 2 aromatic heterocycles. The number of nitrogens with zero attached hydrogens (tertiary/aromatic N) is 4. The molecule has 3 N–H and O–H groups in total. The lowest BCUT2D eigenvalue weighted by atomic mass is 9.79. The van der Waals surface area contributed by atoms with Gasteiger partial charge in [-0.25, -0.2) is 9.36 Å². The fourth-order valence-electron chi connectivity index (χ4n) is 9.61. The molecule has 2 fully saturated rings. The van der Waals surface area contributed by atoms with E-state index in [1.165, 1.54) is 33.1 Å². The molecule has 2 aliphatic carbocycles. The van der Waals surface area contributed by atoms with E-state index in [4.69, 9.17) is 25.4 Å². The number of carbonyl (C=O) groups is 3. The Balaban J connectivity index is 0.000000293. The van der Waals surface area contributed by atoms with E-state index in [1.54, 1.807) is 0 Å². The van der Waals surface area contributed by atoms with Crippen molar-refractivity contribution in [3.63, 3.8) is 0 Å². The van der Waals surface area contributed by atoms with E-state index in [9.17, 15) is 14.4 Å². The first-order valence-corrected chi connectivity index (χ1v) is 32.5. The summed E-state index contributed by atoms with van der Waals surface area (Å²) in [6.07, 6.45) is 13.0.